The molecule has 1 heterocycles. The largest absolute Gasteiger partial charge is 0.481 e. The molecule has 0 spiro atoms. The Morgan fingerprint density at radius 1 is 1.67 bits per heavy atom. The molecule has 0 aromatic carbocycles. The van der Waals surface area contributed by atoms with Crippen molar-refractivity contribution >= 4 is 5.97 Å². The van der Waals surface area contributed by atoms with Crippen LogP contribution >= 0.6 is 0 Å². The number of rotatable bonds is 4. The van der Waals surface area contributed by atoms with Crippen molar-refractivity contribution in [3.63, 3.8) is 0 Å². The van der Waals surface area contributed by atoms with E-state index in [1.54, 1.807) is 6.20 Å². The van der Waals surface area contributed by atoms with E-state index in [9.17, 15) is 4.79 Å². The number of hydrogen-bond acceptors (Lipinski definition) is 3. The number of carbonyl (C=O) groups is 1. The monoisotopic (exact) mass is 170 g/mol. The molecule has 0 aliphatic heterocycles. The summed E-state index contributed by atoms with van der Waals surface area (Å²) in [5.74, 6) is -0.876. The average molecular weight is 170 g/mol. The molecule has 0 atom stereocenters. The van der Waals surface area contributed by atoms with Crippen LogP contribution in [0.25, 0.3) is 0 Å². The van der Waals surface area contributed by atoms with Gasteiger partial charge in [0.25, 0.3) is 0 Å². The molecule has 0 amide bonds. The lowest BCUT2D eigenvalue weighted by atomic mass is 10.3. The molecule has 66 valence electrons. The minimum absolute atomic E-state index is 0.00813. The van der Waals surface area contributed by atoms with Gasteiger partial charge in [-0.15, -0.1) is 0 Å². The predicted octanol–water partition coefficient (Wildman–Crippen LogP) is -0.498. The third-order valence-electron chi connectivity index (χ3n) is 1.37. The lowest BCUT2D eigenvalue weighted by molar-refractivity contribution is -0.136. The third-order valence-corrected chi connectivity index (χ3v) is 1.37. The first kappa shape index (κ1) is 8.73. The highest BCUT2D eigenvalue weighted by Crippen LogP contribution is 1.98. The molecular weight excluding hydrogens is 160 g/mol. The number of aliphatic carboxylic acids is 1. The Bertz CT molecular complexity index is 269. The van der Waals surface area contributed by atoms with Crippen molar-refractivity contribution in [1.29, 1.82) is 0 Å². The van der Waals surface area contributed by atoms with Gasteiger partial charge in [0, 0.05) is 11.8 Å². The van der Waals surface area contributed by atoms with E-state index in [1.165, 1.54) is 10.9 Å². The number of aliphatic hydroxyl groups excluding tert-OH is 1. The van der Waals surface area contributed by atoms with Crippen LogP contribution in [0.3, 0.4) is 0 Å². The molecule has 5 nitrogen and oxygen atoms in total. The highest BCUT2D eigenvalue weighted by atomic mass is 16.4. The number of carboxylic acid groups (broad SMARTS) is 1. The van der Waals surface area contributed by atoms with Crippen molar-refractivity contribution in [2.75, 3.05) is 6.61 Å². The lowest BCUT2D eigenvalue weighted by Gasteiger charge is -1.93. The van der Waals surface area contributed by atoms with Gasteiger partial charge in [-0.1, -0.05) is 0 Å². The Balaban J connectivity index is 2.58. The Morgan fingerprint density at radius 3 is 3.00 bits per heavy atom. The Labute approximate surface area is 69.2 Å². The van der Waals surface area contributed by atoms with Gasteiger partial charge in [0.1, 0.15) is 0 Å². The first-order chi connectivity index (χ1) is 5.72. The lowest BCUT2D eigenvalue weighted by Crippen LogP contribution is -2.02. The van der Waals surface area contributed by atoms with Gasteiger partial charge in [-0.2, -0.15) is 5.10 Å². The first-order valence-electron chi connectivity index (χ1n) is 3.56. The van der Waals surface area contributed by atoms with E-state index in [1.807, 2.05) is 0 Å². The normalized spacial score (nSPS) is 10.1. The van der Waals surface area contributed by atoms with E-state index in [4.69, 9.17) is 10.2 Å². The molecule has 5 heteroatoms. The SMILES string of the molecule is O=C(O)Cc1cnn(CCO)c1. The van der Waals surface area contributed by atoms with Crippen LogP contribution in [0.2, 0.25) is 0 Å². The van der Waals surface area contributed by atoms with Gasteiger partial charge in [0.15, 0.2) is 0 Å². The molecule has 12 heavy (non-hydrogen) atoms. The molecule has 0 fully saturated rings. The summed E-state index contributed by atoms with van der Waals surface area (Å²) in [7, 11) is 0. The highest BCUT2D eigenvalue weighted by Gasteiger charge is 2.02. The summed E-state index contributed by atoms with van der Waals surface area (Å²) in [4.78, 5) is 10.2. The van der Waals surface area contributed by atoms with Crippen molar-refractivity contribution in [3.05, 3.63) is 18.0 Å². The van der Waals surface area contributed by atoms with Crippen molar-refractivity contribution in [1.82, 2.24) is 9.78 Å². The van der Waals surface area contributed by atoms with Gasteiger partial charge < -0.3 is 10.2 Å². The molecular formula is C7H10N2O3. The zero-order chi connectivity index (χ0) is 8.97. The van der Waals surface area contributed by atoms with Crippen LogP contribution in [0, 0.1) is 0 Å². The molecule has 0 unspecified atom stereocenters. The molecule has 0 aliphatic rings. The fourth-order valence-electron chi connectivity index (χ4n) is 0.897. The molecule has 2 N–H and O–H groups in total. The predicted molar refractivity (Wildman–Crippen MR) is 40.7 cm³/mol. The van der Waals surface area contributed by atoms with Crippen molar-refractivity contribution in [3.8, 4) is 0 Å². The third kappa shape index (κ3) is 2.35. The summed E-state index contributed by atoms with van der Waals surface area (Å²) in [6.45, 7) is 0.411. The minimum Gasteiger partial charge on any atom is -0.481 e. The number of hydrogen-bond donors (Lipinski definition) is 2. The van der Waals surface area contributed by atoms with Crippen LogP contribution < -0.4 is 0 Å². The summed E-state index contributed by atoms with van der Waals surface area (Å²) in [5.41, 5.74) is 0.649. The Hall–Kier alpha value is -1.36. The van der Waals surface area contributed by atoms with Crippen LogP contribution in [0.4, 0.5) is 0 Å². The van der Waals surface area contributed by atoms with Gasteiger partial charge in [-0.25, -0.2) is 0 Å². The standard InChI is InChI=1S/C7H10N2O3/c10-2-1-9-5-6(4-8-9)3-7(11)12/h4-5,10H,1-3H2,(H,11,12). The van der Waals surface area contributed by atoms with E-state index in [0.717, 1.165) is 0 Å². The van der Waals surface area contributed by atoms with Crippen LogP contribution in [0.1, 0.15) is 5.56 Å². The number of nitrogens with zero attached hydrogens (tertiary/aromatic N) is 2. The zero-order valence-electron chi connectivity index (χ0n) is 6.47. The van der Waals surface area contributed by atoms with Crippen LogP contribution in [-0.4, -0.2) is 32.6 Å². The molecule has 0 saturated heterocycles. The summed E-state index contributed by atoms with van der Waals surface area (Å²) in [6, 6.07) is 0. The molecule has 0 aliphatic carbocycles. The summed E-state index contributed by atoms with van der Waals surface area (Å²) in [5, 5.41) is 20.8. The smallest absolute Gasteiger partial charge is 0.307 e. The average Bonchev–Trinajstić information content (AvgIpc) is 2.36. The van der Waals surface area contributed by atoms with Crippen LogP contribution in [-0.2, 0) is 17.8 Å². The van der Waals surface area contributed by atoms with Gasteiger partial charge in [0.05, 0.1) is 25.8 Å². The zero-order valence-corrected chi connectivity index (χ0v) is 6.47. The van der Waals surface area contributed by atoms with Gasteiger partial charge in [0.2, 0.25) is 0 Å². The van der Waals surface area contributed by atoms with Crippen molar-refractivity contribution < 1.29 is 15.0 Å². The maximum Gasteiger partial charge on any atom is 0.307 e. The molecule has 0 bridgehead atoms. The second kappa shape index (κ2) is 3.87. The Morgan fingerprint density at radius 2 is 2.42 bits per heavy atom. The second-order valence-corrected chi connectivity index (χ2v) is 2.41. The topological polar surface area (TPSA) is 75.3 Å². The minimum atomic E-state index is -0.876. The summed E-state index contributed by atoms with van der Waals surface area (Å²) >= 11 is 0. The van der Waals surface area contributed by atoms with Crippen LogP contribution in [0.15, 0.2) is 12.4 Å². The van der Waals surface area contributed by atoms with Gasteiger partial charge >= 0.3 is 5.97 Å². The number of carboxylic acids is 1. The summed E-state index contributed by atoms with van der Waals surface area (Å²) in [6.07, 6.45) is 3.08. The van der Waals surface area contributed by atoms with E-state index >= 15 is 0 Å². The molecule has 1 aromatic rings. The summed E-state index contributed by atoms with van der Waals surface area (Å²) < 4.78 is 1.51. The van der Waals surface area contributed by atoms with Crippen molar-refractivity contribution in [2.45, 2.75) is 13.0 Å². The second-order valence-electron chi connectivity index (χ2n) is 2.41. The highest BCUT2D eigenvalue weighted by molar-refractivity contribution is 5.69. The van der Waals surface area contributed by atoms with Gasteiger partial charge in [-0.05, 0) is 0 Å². The van der Waals surface area contributed by atoms with Gasteiger partial charge in [-0.3, -0.25) is 9.48 Å². The fourth-order valence-corrected chi connectivity index (χ4v) is 0.897. The number of aromatic nitrogens is 2. The molecule has 1 aromatic heterocycles. The molecule has 0 radical (unpaired) electrons. The molecule has 0 saturated carbocycles. The maximum atomic E-state index is 10.2. The quantitative estimate of drug-likeness (QED) is 0.639. The first-order valence-corrected chi connectivity index (χ1v) is 3.56. The van der Waals surface area contributed by atoms with Crippen LogP contribution in [0.5, 0.6) is 0 Å². The Kier molecular flexibility index (Phi) is 2.82. The number of aliphatic hydroxyl groups is 1. The van der Waals surface area contributed by atoms with E-state index in [-0.39, 0.29) is 13.0 Å². The van der Waals surface area contributed by atoms with E-state index < -0.39 is 5.97 Å². The molecule has 1 rings (SSSR count). The maximum absolute atomic E-state index is 10.2. The fraction of sp³-hybridized carbons (Fsp3) is 0.429. The van der Waals surface area contributed by atoms with E-state index in [2.05, 4.69) is 5.10 Å². The van der Waals surface area contributed by atoms with Crippen molar-refractivity contribution in [2.24, 2.45) is 0 Å². The van der Waals surface area contributed by atoms with E-state index in [0.29, 0.717) is 12.1 Å².